The van der Waals surface area contributed by atoms with E-state index in [9.17, 15) is 14.0 Å². The van der Waals surface area contributed by atoms with Crippen LogP contribution >= 0.6 is 15.9 Å². The molecule has 8 heteroatoms. The Bertz CT molecular complexity index is 542. The van der Waals surface area contributed by atoms with Crippen molar-refractivity contribution < 1.29 is 28.9 Å². The van der Waals surface area contributed by atoms with E-state index in [1.54, 1.807) is 0 Å². The third-order valence-electron chi connectivity index (χ3n) is 2.06. The zero-order valence-electron chi connectivity index (χ0n) is 9.61. The minimum absolute atomic E-state index is 0.112. The highest BCUT2D eigenvalue weighted by molar-refractivity contribution is 9.10. The lowest BCUT2D eigenvalue weighted by atomic mass is 10.2. The number of carboxylic acids is 2. The number of halogens is 2. The molecule has 0 aliphatic heterocycles. The number of aliphatic carboxylic acids is 2. The molecule has 0 amide bonds. The average molecular weight is 334 g/mol. The lowest BCUT2D eigenvalue weighted by molar-refractivity contribution is -0.140. The summed E-state index contributed by atoms with van der Waals surface area (Å²) in [6.07, 6.45) is 0.757. The number of carbonyl (C=O) groups is 2. The van der Waals surface area contributed by atoms with Gasteiger partial charge in [-0.15, -0.1) is 0 Å². The summed E-state index contributed by atoms with van der Waals surface area (Å²) in [5.41, 5.74) is -0.722. The number of rotatable bonds is 5. The fraction of sp³-hybridized carbons (Fsp3) is 0.0909. The van der Waals surface area contributed by atoms with Gasteiger partial charge in [0.1, 0.15) is 11.6 Å². The van der Waals surface area contributed by atoms with Gasteiger partial charge in [-0.1, -0.05) is 0 Å². The van der Waals surface area contributed by atoms with Gasteiger partial charge in [-0.3, -0.25) is 0 Å². The van der Waals surface area contributed by atoms with Crippen molar-refractivity contribution in [3.05, 3.63) is 34.2 Å². The molecule has 1 aromatic carbocycles. The van der Waals surface area contributed by atoms with E-state index in [1.807, 2.05) is 0 Å². The first-order chi connectivity index (χ1) is 8.86. The van der Waals surface area contributed by atoms with Crippen molar-refractivity contribution in [2.24, 2.45) is 0 Å². The number of anilines is 1. The number of benzene rings is 1. The van der Waals surface area contributed by atoms with Crippen LogP contribution < -0.4 is 10.1 Å². The first kappa shape index (κ1) is 15.0. The number of hydrogen-bond acceptors (Lipinski definition) is 4. The standard InChI is InChI=1S/C11H9BrFNO5/c1-19-8-3-5(2-7(13)9(8)12)14-4-6(10(15)16)11(17)18/h2-4,14H,1H3,(H,15,16)(H,17,18). The number of methoxy groups -OCH3 is 1. The van der Waals surface area contributed by atoms with E-state index in [0.29, 0.717) is 0 Å². The van der Waals surface area contributed by atoms with Crippen LogP contribution in [0.25, 0.3) is 0 Å². The fourth-order valence-electron chi connectivity index (χ4n) is 1.17. The quantitative estimate of drug-likeness (QED) is 0.433. The fourth-order valence-corrected chi connectivity index (χ4v) is 1.56. The summed E-state index contributed by atoms with van der Waals surface area (Å²) in [7, 11) is 1.33. The third kappa shape index (κ3) is 3.68. The highest BCUT2D eigenvalue weighted by Gasteiger charge is 2.16. The summed E-state index contributed by atoms with van der Waals surface area (Å²) >= 11 is 2.97. The first-order valence-electron chi connectivity index (χ1n) is 4.83. The molecule has 1 aromatic rings. The monoisotopic (exact) mass is 333 g/mol. The van der Waals surface area contributed by atoms with Crippen LogP contribution in [0.4, 0.5) is 10.1 Å². The first-order valence-corrected chi connectivity index (χ1v) is 5.62. The van der Waals surface area contributed by atoms with Crippen LogP contribution in [0.1, 0.15) is 0 Å². The Morgan fingerprint density at radius 3 is 2.42 bits per heavy atom. The molecule has 3 N–H and O–H groups in total. The smallest absolute Gasteiger partial charge is 0.344 e. The van der Waals surface area contributed by atoms with Gasteiger partial charge in [-0.2, -0.15) is 0 Å². The third-order valence-corrected chi connectivity index (χ3v) is 2.83. The molecule has 0 aromatic heterocycles. The maximum atomic E-state index is 13.4. The molecule has 0 bridgehead atoms. The Hall–Kier alpha value is -2.09. The Morgan fingerprint density at radius 2 is 1.95 bits per heavy atom. The van der Waals surface area contributed by atoms with Crippen molar-refractivity contribution in [2.45, 2.75) is 0 Å². The van der Waals surface area contributed by atoms with Crippen LogP contribution in [0, 0.1) is 5.82 Å². The van der Waals surface area contributed by atoms with Gasteiger partial charge in [0, 0.05) is 18.0 Å². The van der Waals surface area contributed by atoms with E-state index in [0.717, 1.165) is 12.3 Å². The Kier molecular flexibility index (Phi) is 4.87. The van der Waals surface area contributed by atoms with E-state index in [-0.39, 0.29) is 15.9 Å². The molecule has 0 aliphatic rings. The molecule has 0 heterocycles. The van der Waals surface area contributed by atoms with Gasteiger partial charge < -0.3 is 20.3 Å². The lowest BCUT2D eigenvalue weighted by Gasteiger charge is -2.08. The summed E-state index contributed by atoms with van der Waals surface area (Å²) in [6, 6.07) is 2.44. The molecule has 0 aliphatic carbocycles. The highest BCUT2D eigenvalue weighted by atomic mass is 79.9. The Balaban J connectivity index is 3.06. The number of ether oxygens (including phenoxy) is 1. The summed E-state index contributed by atoms with van der Waals surface area (Å²) in [5.74, 6) is -3.67. The molecule has 6 nitrogen and oxygen atoms in total. The van der Waals surface area contributed by atoms with Crippen molar-refractivity contribution in [3.63, 3.8) is 0 Å². The van der Waals surface area contributed by atoms with Gasteiger partial charge in [-0.25, -0.2) is 14.0 Å². The maximum absolute atomic E-state index is 13.4. The van der Waals surface area contributed by atoms with Gasteiger partial charge in [0.05, 0.1) is 11.6 Å². The molecular weight excluding hydrogens is 325 g/mol. The predicted octanol–water partition coefficient (Wildman–Crippen LogP) is 2.06. The SMILES string of the molecule is COc1cc(NC=C(C(=O)O)C(=O)O)cc(F)c1Br. The summed E-state index contributed by atoms with van der Waals surface area (Å²) < 4.78 is 18.4. The zero-order chi connectivity index (χ0) is 14.6. The zero-order valence-corrected chi connectivity index (χ0v) is 11.2. The van der Waals surface area contributed by atoms with Gasteiger partial charge in [-0.05, 0) is 22.0 Å². The molecule has 102 valence electrons. The normalized spacial score (nSPS) is 9.63. The number of hydrogen-bond donors (Lipinski definition) is 3. The summed E-state index contributed by atoms with van der Waals surface area (Å²) in [6.45, 7) is 0. The van der Waals surface area contributed by atoms with Gasteiger partial charge in [0.15, 0.2) is 5.57 Å². The Labute approximate surface area is 115 Å². The second kappa shape index (κ2) is 6.19. The van der Waals surface area contributed by atoms with Crippen molar-refractivity contribution in [3.8, 4) is 5.75 Å². The second-order valence-electron chi connectivity index (χ2n) is 3.29. The molecular formula is C11H9BrFNO5. The molecule has 0 fully saturated rings. The lowest BCUT2D eigenvalue weighted by Crippen LogP contribution is -2.12. The molecule has 1 rings (SSSR count). The topological polar surface area (TPSA) is 95.9 Å². The average Bonchev–Trinajstić information content (AvgIpc) is 2.32. The van der Waals surface area contributed by atoms with Crippen molar-refractivity contribution in [1.82, 2.24) is 0 Å². The minimum atomic E-state index is -1.61. The minimum Gasteiger partial charge on any atom is -0.495 e. The molecule has 0 atom stereocenters. The molecule has 0 radical (unpaired) electrons. The van der Waals surface area contributed by atoms with Crippen molar-refractivity contribution >= 4 is 33.6 Å². The van der Waals surface area contributed by atoms with E-state index >= 15 is 0 Å². The highest BCUT2D eigenvalue weighted by Crippen LogP contribution is 2.31. The van der Waals surface area contributed by atoms with E-state index in [4.69, 9.17) is 14.9 Å². The van der Waals surface area contributed by atoms with E-state index in [2.05, 4.69) is 21.2 Å². The number of nitrogens with one attached hydrogen (secondary N) is 1. The van der Waals surface area contributed by atoms with Crippen molar-refractivity contribution in [1.29, 1.82) is 0 Å². The van der Waals surface area contributed by atoms with Gasteiger partial charge in [0.25, 0.3) is 0 Å². The molecule has 0 unspecified atom stereocenters. The van der Waals surface area contributed by atoms with Crippen LogP contribution in [0.3, 0.4) is 0 Å². The van der Waals surface area contributed by atoms with Gasteiger partial charge in [0.2, 0.25) is 0 Å². The Morgan fingerprint density at radius 1 is 1.37 bits per heavy atom. The van der Waals surface area contributed by atoms with Crippen LogP contribution in [0.5, 0.6) is 5.75 Å². The molecule has 0 saturated heterocycles. The summed E-state index contributed by atoms with van der Waals surface area (Å²) in [4.78, 5) is 21.2. The number of carboxylic acid groups (broad SMARTS) is 2. The predicted molar refractivity (Wildman–Crippen MR) is 67.6 cm³/mol. The van der Waals surface area contributed by atoms with Crippen LogP contribution in [0.15, 0.2) is 28.4 Å². The van der Waals surface area contributed by atoms with Crippen LogP contribution in [-0.4, -0.2) is 29.3 Å². The van der Waals surface area contributed by atoms with Gasteiger partial charge >= 0.3 is 11.9 Å². The maximum Gasteiger partial charge on any atom is 0.344 e. The van der Waals surface area contributed by atoms with Crippen LogP contribution in [-0.2, 0) is 9.59 Å². The molecule has 19 heavy (non-hydrogen) atoms. The van der Waals surface area contributed by atoms with E-state index < -0.39 is 23.3 Å². The summed E-state index contributed by atoms with van der Waals surface area (Å²) in [5, 5.41) is 19.6. The van der Waals surface area contributed by atoms with Crippen LogP contribution in [0.2, 0.25) is 0 Å². The largest absolute Gasteiger partial charge is 0.495 e. The van der Waals surface area contributed by atoms with Crippen molar-refractivity contribution in [2.75, 3.05) is 12.4 Å². The molecule has 0 saturated carbocycles. The van der Waals surface area contributed by atoms with E-state index in [1.165, 1.54) is 13.2 Å². The second-order valence-corrected chi connectivity index (χ2v) is 4.08. The molecule has 0 spiro atoms.